The summed E-state index contributed by atoms with van der Waals surface area (Å²) in [5, 5.41) is 0. The Bertz CT molecular complexity index is 213. The number of rotatable bonds is 5. The quantitative estimate of drug-likeness (QED) is 0.662. The fourth-order valence-electron chi connectivity index (χ4n) is 0.921. The van der Waals surface area contributed by atoms with Crippen molar-refractivity contribution in [1.82, 2.24) is 4.31 Å². The molecule has 0 aromatic heterocycles. The molecule has 0 heterocycles. The van der Waals surface area contributed by atoms with Gasteiger partial charge >= 0.3 is 0 Å². The monoisotopic (exact) mass is 194 g/mol. The Labute approximate surface area is 74.8 Å². The van der Waals surface area contributed by atoms with Crippen LogP contribution < -0.4 is 5.73 Å². The molecule has 5 heteroatoms. The standard InChI is InChI=1S/C7H18N2O2S/c1-4-9(12(3,10)11)6-7(2)5-8/h7H,4-6,8H2,1-3H3. The van der Waals surface area contributed by atoms with Crippen molar-refractivity contribution in [3.05, 3.63) is 0 Å². The molecule has 1 unspecified atom stereocenters. The van der Waals surface area contributed by atoms with Gasteiger partial charge in [-0.1, -0.05) is 13.8 Å². The SMILES string of the molecule is CCN(CC(C)CN)S(C)(=O)=O. The molecule has 0 aliphatic rings. The van der Waals surface area contributed by atoms with Gasteiger partial charge in [0.05, 0.1) is 6.26 Å². The minimum atomic E-state index is -3.04. The van der Waals surface area contributed by atoms with Crippen LogP contribution in [0.3, 0.4) is 0 Å². The summed E-state index contributed by atoms with van der Waals surface area (Å²) < 4.78 is 23.6. The zero-order valence-corrected chi connectivity index (χ0v) is 8.76. The van der Waals surface area contributed by atoms with Crippen LogP contribution in [0.25, 0.3) is 0 Å². The van der Waals surface area contributed by atoms with Gasteiger partial charge in [0.25, 0.3) is 0 Å². The van der Waals surface area contributed by atoms with Gasteiger partial charge in [0.1, 0.15) is 0 Å². The van der Waals surface area contributed by atoms with Gasteiger partial charge in [-0.2, -0.15) is 0 Å². The number of nitrogens with two attached hydrogens (primary N) is 1. The Balaban J connectivity index is 4.20. The zero-order chi connectivity index (χ0) is 9.78. The van der Waals surface area contributed by atoms with Crippen molar-refractivity contribution in [2.75, 3.05) is 25.9 Å². The second-order valence-electron chi connectivity index (χ2n) is 3.05. The van der Waals surface area contributed by atoms with E-state index in [1.807, 2.05) is 13.8 Å². The molecule has 0 aliphatic heterocycles. The van der Waals surface area contributed by atoms with Gasteiger partial charge in [0, 0.05) is 13.1 Å². The van der Waals surface area contributed by atoms with Gasteiger partial charge in [-0.05, 0) is 12.5 Å². The molecule has 0 fully saturated rings. The molecule has 0 radical (unpaired) electrons. The van der Waals surface area contributed by atoms with Crippen LogP contribution in [0.15, 0.2) is 0 Å². The molecule has 2 N–H and O–H groups in total. The van der Waals surface area contributed by atoms with Crippen molar-refractivity contribution < 1.29 is 8.42 Å². The highest BCUT2D eigenvalue weighted by Gasteiger charge is 2.16. The largest absolute Gasteiger partial charge is 0.330 e. The average molecular weight is 194 g/mol. The first-order valence-corrected chi connectivity index (χ1v) is 5.91. The zero-order valence-electron chi connectivity index (χ0n) is 7.95. The van der Waals surface area contributed by atoms with E-state index in [1.54, 1.807) is 0 Å². The van der Waals surface area contributed by atoms with Crippen molar-refractivity contribution in [3.63, 3.8) is 0 Å². The Kier molecular flexibility index (Phi) is 4.74. The molecule has 0 saturated heterocycles. The molecule has 0 saturated carbocycles. The summed E-state index contributed by atoms with van der Waals surface area (Å²) in [5.74, 6) is 0.222. The Morgan fingerprint density at radius 2 is 2.00 bits per heavy atom. The average Bonchev–Trinajstić information content (AvgIpc) is 1.97. The first kappa shape index (κ1) is 11.9. The number of nitrogens with zero attached hydrogens (tertiary/aromatic N) is 1. The van der Waals surface area contributed by atoms with Crippen molar-refractivity contribution in [1.29, 1.82) is 0 Å². The first-order valence-electron chi connectivity index (χ1n) is 4.07. The van der Waals surface area contributed by atoms with E-state index in [1.165, 1.54) is 10.6 Å². The minimum absolute atomic E-state index is 0.222. The van der Waals surface area contributed by atoms with E-state index >= 15 is 0 Å². The summed E-state index contributed by atoms with van der Waals surface area (Å²) in [6.45, 7) is 5.32. The summed E-state index contributed by atoms with van der Waals surface area (Å²) in [5.41, 5.74) is 5.40. The van der Waals surface area contributed by atoms with E-state index in [9.17, 15) is 8.42 Å². The third-order valence-corrected chi connectivity index (χ3v) is 3.08. The Hall–Kier alpha value is -0.130. The fraction of sp³-hybridized carbons (Fsp3) is 1.00. The lowest BCUT2D eigenvalue weighted by atomic mass is 10.2. The number of sulfonamides is 1. The maximum absolute atomic E-state index is 11.1. The molecule has 0 bridgehead atoms. The highest BCUT2D eigenvalue weighted by molar-refractivity contribution is 7.88. The Morgan fingerprint density at radius 1 is 1.50 bits per heavy atom. The summed E-state index contributed by atoms with van der Waals surface area (Å²) in [6.07, 6.45) is 1.22. The molecule has 74 valence electrons. The number of hydrogen-bond donors (Lipinski definition) is 1. The molecule has 0 aromatic rings. The van der Waals surface area contributed by atoms with Gasteiger partial charge in [0.15, 0.2) is 0 Å². The maximum Gasteiger partial charge on any atom is 0.211 e. The first-order chi connectivity index (χ1) is 5.41. The molecular formula is C7H18N2O2S. The molecule has 0 amide bonds. The molecule has 0 spiro atoms. The van der Waals surface area contributed by atoms with Gasteiger partial charge in [-0.15, -0.1) is 0 Å². The molecule has 4 nitrogen and oxygen atoms in total. The lowest BCUT2D eigenvalue weighted by molar-refractivity contribution is 0.374. The molecule has 0 aliphatic carbocycles. The van der Waals surface area contributed by atoms with Crippen LogP contribution >= 0.6 is 0 Å². The van der Waals surface area contributed by atoms with E-state index in [-0.39, 0.29) is 5.92 Å². The van der Waals surface area contributed by atoms with Crippen molar-refractivity contribution in [3.8, 4) is 0 Å². The third-order valence-electron chi connectivity index (χ3n) is 1.74. The van der Waals surface area contributed by atoms with Gasteiger partial charge in [0.2, 0.25) is 10.0 Å². The van der Waals surface area contributed by atoms with Crippen LogP contribution in [0.4, 0.5) is 0 Å². The fourth-order valence-corrected chi connectivity index (χ4v) is 1.92. The Morgan fingerprint density at radius 3 is 2.25 bits per heavy atom. The molecule has 0 rings (SSSR count). The minimum Gasteiger partial charge on any atom is -0.330 e. The van der Waals surface area contributed by atoms with Crippen LogP contribution in [0.5, 0.6) is 0 Å². The lowest BCUT2D eigenvalue weighted by Crippen LogP contribution is -2.35. The highest BCUT2D eigenvalue weighted by Crippen LogP contribution is 2.02. The maximum atomic E-state index is 11.1. The van der Waals surface area contributed by atoms with Gasteiger partial charge in [-0.3, -0.25) is 0 Å². The van der Waals surface area contributed by atoms with Crippen LogP contribution in [-0.4, -0.2) is 38.6 Å². The molecular weight excluding hydrogens is 176 g/mol. The normalized spacial score (nSPS) is 15.1. The summed E-state index contributed by atoms with van der Waals surface area (Å²) in [7, 11) is -3.04. The van der Waals surface area contributed by atoms with Gasteiger partial charge < -0.3 is 5.73 Å². The van der Waals surface area contributed by atoms with E-state index in [2.05, 4.69) is 0 Å². The smallest absolute Gasteiger partial charge is 0.211 e. The summed E-state index contributed by atoms with van der Waals surface area (Å²) >= 11 is 0. The van der Waals surface area contributed by atoms with Crippen LogP contribution in [0, 0.1) is 5.92 Å². The highest BCUT2D eigenvalue weighted by atomic mass is 32.2. The topological polar surface area (TPSA) is 63.4 Å². The summed E-state index contributed by atoms with van der Waals surface area (Å²) in [4.78, 5) is 0. The predicted molar refractivity (Wildman–Crippen MR) is 50.3 cm³/mol. The van der Waals surface area contributed by atoms with E-state index in [4.69, 9.17) is 5.73 Å². The molecule has 0 aromatic carbocycles. The van der Waals surface area contributed by atoms with Crippen LogP contribution in [0.1, 0.15) is 13.8 Å². The second-order valence-corrected chi connectivity index (χ2v) is 5.04. The third kappa shape index (κ3) is 4.04. The van der Waals surface area contributed by atoms with E-state index in [0.717, 1.165) is 0 Å². The lowest BCUT2D eigenvalue weighted by Gasteiger charge is -2.20. The van der Waals surface area contributed by atoms with Crippen LogP contribution in [0.2, 0.25) is 0 Å². The summed E-state index contributed by atoms with van der Waals surface area (Å²) in [6, 6.07) is 0. The van der Waals surface area contributed by atoms with Crippen molar-refractivity contribution in [2.24, 2.45) is 11.7 Å². The second kappa shape index (κ2) is 4.79. The molecule has 12 heavy (non-hydrogen) atoms. The van der Waals surface area contributed by atoms with Crippen LogP contribution in [-0.2, 0) is 10.0 Å². The van der Waals surface area contributed by atoms with E-state index in [0.29, 0.717) is 19.6 Å². The van der Waals surface area contributed by atoms with E-state index < -0.39 is 10.0 Å². The molecule has 1 atom stereocenters. The van der Waals surface area contributed by atoms with Crippen molar-refractivity contribution >= 4 is 10.0 Å². The van der Waals surface area contributed by atoms with Crippen molar-refractivity contribution in [2.45, 2.75) is 13.8 Å². The predicted octanol–water partition coefficient (Wildman–Crippen LogP) is -0.137. The number of hydrogen-bond acceptors (Lipinski definition) is 3. The van der Waals surface area contributed by atoms with Gasteiger partial charge in [-0.25, -0.2) is 12.7 Å².